The molecule has 4 aromatic carbocycles. The summed E-state index contributed by atoms with van der Waals surface area (Å²) in [5, 5.41) is 6.33. The third-order valence-electron chi connectivity index (χ3n) is 5.34. The van der Waals surface area contributed by atoms with Gasteiger partial charge in [0.25, 0.3) is 5.56 Å². The van der Waals surface area contributed by atoms with Crippen molar-refractivity contribution in [3.8, 4) is 0 Å². The molecule has 0 fully saturated rings. The molecule has 0 spiro atoms. The molecule has 0 saturated carbocycles. The van der Waals surface area contributed by atoms with E-state index in [1.807, 2.05) is 72.8 Å². The van der Waals surface area contributed by atoms with Crippen LogP contribution in [0.25, 0.3) is 43.2 Å². The van der Waals surface area contributed by atoms with Crippen LogP contribution < -0.4 is 5.56 Å². The van der Waals surface area contributed by atoms with Gasteiger partial charge in [-0.1, -0.05) is 60.7 Å². The number of fused-ring (bicyclic) bond motifs is 7. The van der Waals surface area contributed by atoms with E-state index in [1.54, 1.807) is 20.8 Å². The maximum atomic E-state index is 13.5. The fourth-order valence-electron chi connectivity index (χ4n) is 4.15. The SMILES string of the molecule is CC(C)(C)OC(=O)n1c(=O)c2ccc3ccccc3c2c2c3ccccc3ccc21. The van der Waals surface area contributed by atoms with Gasteiger partial charge in [-0.2, -0.15) is 0 Å². The standard InChI is InChI=1S/C26H21NO3/c1-26(2,3)30-25(29)27-21-15-13-17-9-5-7-11-19(17)23(21)22-18-10-6-4-8-16(18)12-14-20(22)24(27)28/h4-15H,1-3H3. The first-order chi connectivity index (χ1) is 14.3. The average Bonchev–Trinajstić information content (AvgIpc) is 2.71. The van der Waals surface area contributed by atoms with E-state index in [0.717, 1.165) is 32.3 Å². The lowest BCUT2D eigenvalue weighted by Gasteiger charge is -2.21. The Morgan fingerprint density at radius 1 is 0.733 bits per heavy atom. The molecule has 1 aromatic heterocycles. The number of carbonyl (C=O) groups excluding carboxylic acids is 1. The number of ether oxygens (including phenoxy) is 1. The molecule has 0 saturated heterocycles. The first-order valence-corrected chi connectivity index (χ1v) is 9.96. The maximum absolute atomic E-state index is 13.5. The zero-order valence-corrected chi connectivity index (χ0v) is 17.1. The van der Waals surface area contributed by atoms with Gasteiger partial charge >= 0.3 is 6.09 Å². The Morgan fingerprint density at radius 3 is 1.93 bits per heavy atom. The summed E-state index contributed by atoms with van der Waals surface area (Å²) in [7, 11) is 0. The molecule has 0 aliphatic heterocycles. The van der Waals surface area contributed by atoms with Crippen molar-refractivity contribution in [1.82, 2.24) is 4.57 Å². The van der Waals surface area contributed by atoms with Crippen molar-refractivity contribution in [2.24, 2.45) is 0 Å². The van der Waals surface area contributed by atoms with Gasteiger partial charge < -0.3 is 4.74 Å². The molecule has 0 atom stereocenters. The highest BCUT2D eigenvalue weighted by Gasteiger charge is 2.23. The Bertz CT molecular complexity index is 1540. The number of carbonyl (C=O) groups is 1. The monoisotopic (exact) mass is 395 g/mol. The van der Waals surface area contributed by atoms with Crippen LogP contribution in [0.4, 0.5) is 4.79 Å². The molecular weight excluding hydrogens is 374 g/mol. The fraction of sp³-hybridized carbons (Fsp3) is 0.154. The van der Waals surface area contributed by atoms with Crippen LogP contribution in [0.2, 0.25) is 0 Å². The lowest BCUT2D eigenvalue weighted by molar-refractivity contribution is 0.0539. The van der Waals surface area contributed by atoms with E-state index in [0.29, 0.717) is 10.9 Å². The van der Waals surface area contributed by atoms with Gasteiger partial charge in [0.1, 0.15) is 5.60 Å². The van der Waals surface area contributed by atoms with Gasteiger partial charge in [0.15, 0.2) is 0 Å². The zero-order chi connectivity index (χ0) is 21.0. The van der Waals surface area contributed by atoms with E-state index < -0.39 is 11.7 Å². The quantitative estimate of drug-likeness (QED) is 0.291. The summed E-state index contributed by atoms with van der Waals surface area (Å²) in [6.07, 6.45) is -0.664. The summed E-state index contributed by atoms with van der Waals surface area (Å²) in [5.74, 6) is 0. The molecule has 0 unspecified atom stereocenters. The van der Waals surface area contributed by atoms with Crippen LogP contribution in [0.5, 0.6) is 0 Å². The van der Waals surface area contributed by atoms with E-state index in [-0.39, 0.29) is 5.56 Å². The fourth-order valence-corrected chi connectivity index (χ4v) is 4.15. The Hall–Kier alpha value is -3.66. The maximum Gasteiger partial charge on any atom is 0.422 e. The first kappa shape index (κ1) is 18.4. The molecule has 148 valence electrons. The minimum absolute atomic E-state index is 0.368. The third kappa shape index (κ3) is 2.76. The average molecular weight is 395 g/mol. The minimum atomic E-state index is -0.710. The second-order valence-corrected chi connectivity index (χ2v) is 8.51. The number of pyridine rings is 1. The van der Waals surface area contributed by atoms with E-state index in [2.05, 4.69) is 0 Å². The van der Waals surface area contributed by atoms with Crippen molar-refractivity contribution in [3.63, 3.8) is 0 Å². The van der Waals surface area contributed by atoms with Crippen LogP contribution in [0.15, 0.2) is 77.6 Å². The lowest BCUT2D eigenvalue weighted by Crippen LogP contribution is -2.34. The van der Waals surface area contributed by atoms with Crippen molar-refractivity contribution in [2.75, 3.05) is 0 Å². The zero-order valence-electron chi connectivity index (χ0n) is 17.1. The summed E-state index contributed by atoms with van der Waals surface area (Å²) in [6, 6.07) is 23.5. The molecular formula is C26H21NO3. The number of hydrogen-bond donors (Lipinski definition) is 0. The number of rotatable bonds is 0. The van der Waals surface area contributed by atoms with Crippen molar-refractivity contribution < 1.29 is 9.53 Å². The van der Waals surface area contributed by atoms with Crippen LogP contribution >= 0.6 is 0 Å². The molecule has 0 aliphatic rings. The van der Waals surface area contributed by atoms with Crippen LogP contribution in [-0.4, -0.2) is 16.3 Å². The molecule has 0 N–H and O–H groups in total. The van der Waals surface area contributed by atoms with Gasteiger partial charge in [-0.3, -0.25) is 4.79 Å². The van der Waals surface area contributed by atoms with Gasteiger partial charge in [0.2, 0.25) is 0 Å². The van der Waals surface area contributed by atoms with Crippen LogP contribution in [0, 0.1) is 0 Å². The summed E-state index contributed by atoms with van der Waals surface area (Å²) in [6.45, 7) is 5.38. The Morgan fingerprint density at radius 2 is 1.30 bits per heavy atom. The molecule has 4 nitrogen and oxygen atoms in total. The molecule has 0 amide bonds. The summed E-state index contributed by atoms with van der Waals surface area (Å²) in [4.78, 5) is 26.6. The normalized spacial score (nSPS) is 12.1. The highest BCUT2D eigenvalue weighted by Crippen LogP contribution is 2.35. The molecule has 5 aromatic rings. The van der Waals surface area contributed by atoms with Gasteiger partial charge in [0, 0.05) is 16.2 Å². The predicted molar refractivity (Wildman–Crippen MR) is 122 cm³/mol. The van der Waals surface area contributed by atoms with Gasteiger partial charge in [-0.15, -0.1) is 0 Å². The number of hydrogen-bond acceptors (Lipinski definition) is 3. The first-order valence-electron chi connectivity index (χ1n) is 9.96. The van der Waals surface area contributed by atoms with Crippen LogP contribution in [0.3, 0.4) is 0 Å². The van der Waals surface area contributed by atoms with E-state index in [4.69, 9.17) is 4.74 Å². The second kappa shape index (κ2) is 6.42. The molecule has 5 rings (SSSR count). The van der Waals surface area contributed by atoms with E-state index >= 15 is 0 Å². The summed E-state index contributed by atoms with van der Waals surface area (Å²) < 4.78 is 6.76. The Balaban J connectivity index is 2.06. The van der Waals surface area contributed by atoms with Gasteiger partial charge in [-0.25, -0.2) is 9.36 Å². The molecule has 0 radical (unpaired) electrons. The van der Waals surface area contributed by atoms with Crippen molar-refractivity contribution in [1.29, 1.82) is 0 Å². The second-order valence-electron chi connectivity index (χ2n) is 8.51. The van der Waals surface area contributed by atoms with E-state index in [1.165, 1.54) is 4.57 Å². The van der Waals surface area contributed by atoms with Crippen molar-refractivity contribution >= 4 is 49.3 Å². The van der Waals surface area contributed by atoms with Gasteiger partial charge in [-0.05, 0) is 54.4 Å². The van der Waals surface area contributed by atoms with Crippen LogP contribution in [0.1, 0.15) is 20.8 Å². The topological polar surface area (TPSA) is 48.3 Å². The van der Waals surface area contributed by atoms with E-state index in [9.17, 15) is 9.59 Å². The lowest BCUT2D eigenvalue weighted by atomic mass is 9.95. The van der Waals surface area contributed by atoms with Crippen molar-refractivity contribution in [3.05, 3.63) is 83.2 Å². The molecule has 0 bridgehead atoms. The van der Waals surface area contributed by atoms with Crippen LogP contribution in [-0.2, 0) is 4.74 Å². The number of benzene rings is 4. The molecule has 1 heterocycles. The Labute approximate surface area is 173 Å². The largest absolute Gasteiger partial charge is 0.443 e. The number of aromatic nitrogens is 1. The summed E-state index contributed by atoms with van der Waals surface area (Å²) in [5.41, 5.74) is -0.525. The summed E-state index contributed by atoms with van der Waals surface area (Å²) >= 11 is 0. The third-order valence-corrected chi connectivity index (χ3v) is 5.34. The highest BCUT2D eigenvalue weighted by molar-refractivity contribution is 6.27. The Kier molecular flexibility index (Phi) is 3.93. The molecule has 0 aliphatic carbocycles. The number of nitrogens with zero attached hydrogens (tertiary/aromatic N) is 1. The van der Waals surface area contributed by atoms with Crippen molar-refractivity contribution in [2.45, 2.75) is 26.4 Å². The molecule has 4 heteroatoms. The highest BCUT2D eigenvalue weighted by atomic mass is 16.6. The molecule has 30 heavy (non-hydrogen) atoms. The predicted octanol–water partition coefficient (Wildman–Crippen LogP) is 6.24. The van der Waals surface area contributed by atoms with Gasteiger partial charge in [0.05, 0.1) is 5.52 Å². The minimum Gasteiger partial charge on any atom is -0.443 e. The smallest absolute Gasteiger partial charge is 0.422 e.